The molecule has 4 aromatic heterocycles. The average molecular weight is 822 g/mol. The van der Waals surface area contributed by atoms with Crippen molar-refractivity contribution in [3.05, 3.63) is 212 Å². The van der Waals surface area contributed by atoms with E-state index in [-0.39, 0.29) is 0 Å². The van der Waals surface area contributed by atoms with Crippen molar-refractivity contribution in [1.82, 2.24) is 24.1 Å². The van der Waals surface area contributed by atoms with Gasteiger partial charge in [0, 0.05) is 64.1 Å². The quantitative estimate of drug-likeness (QED) is 0.168. The van der Waals surface area contributed by atoms with Crippen molar-refractivity contribution in [2.24, 2.45) is 0 Å². The molecule has 0 amide bonds. The Kier molecular flexibility index (Phi) is 8.01. The molecule has 4 heterocycles. The van der Waals surface area contributed by atoms with Crippen LogP contribution in [0, 0.1) is 0 Å². The maximum Gasteiger partial charge on any atom is 0.166 e. The summed E-state index contributed by atoms with van der Waals surface area (Å²) in [5, 5.41) is 7.31. The van der Waals surface area contributed by atoms with Gasteiger partial charge >= 0.3 is 0 Å². The lowest BCUT2D eigenvalue weighted by molar-refractivity contribution is 1.06. The standard InChI is InChI=1S/C57H35N5S/c1-3-15-36(16-4-1)38-27-30-43-41-19-7-11-23-48(41)61(51(43)33-38)40-29-32-44-42-20-8-12-24-49(42)62(52(44)35-40)50-25-13-9-22-47(50)57-59-55(37-17-5-2-6-18-37)58-56(60-57)39-28-31-46-45-21-10-14-26-53(45)63-54(46)34-39/h1-35H. The number of rotatable bonds is 6. The minimum absolute atomic E-state index is 0.615. The van der Waals surface area contributed by atoms with Crippen LogP contribution in [0.25, 0.3) is 120 Å². The van der Waals surface area contributed by atoms with E-state index in [2.05, 4.69) is 203 Å². The summed E-state index contributed by atoms with van der Waals surface area (Å²) in [6.45, 7) is 0. The third-order valence-electron chi connectivity index (χ3n) is 12.4. The number of para-hydroxylation sites is 3. The minimum Gasteiger partial charge on any atom is -0.309 e. The van der Waals surface area contributed by atoms with Gasteiger partial charge in [0.1, 0.15) is 0 Å². The topological polar surface area (TPSA) is 48.5 Å². The minimum atomic E-state index is 0.615. The summed E-state index contributed by atoms with van der Waals surface area (Å²) in [5.74, 6) is 1.88. The molecule has 63 heavy (non-hydrogen) atoms. The lowest BCUT2D eigenvalue weighted by atomic mass is 10.0. The Labute approximate surface area is 366 Å². The van der Waals surface area contributed by atoms with Crippen LogP contribution in [0.2, 0.25) is 0 Å². The first kappa shape index (κ1) is 35.6. The Morgan fingerprint density at radius 2 is 0.825 bits per heavy atom. The molecule has 0 atom stereocenters. The highest BCUT2D eigenvalue weighted by Crippen LogP contribution is 2.41. The van der Waals surface area contributed by atoms with Crippen LogP contribution in [0.4, 0.5) is 0 Å². The highest BCUT2D eigenvalue weighted by atomic mass is 32.1. The van der Waals surface area contributed by atoms with Gasteiger partial charge in [-0.1, -0.05) is 158 Å². The van der Waals surface area contributed by atoms with Gasteiger partial charge in [0.2, 0.25) is 0 Å². The molecule has 0 aliphatic carbocycles. The lowest BCUT2D eigenvalue weighted by Gasteiger charge is -2.15. The second-order valence-corrected chi connectivity index (χ2v) is 17.1. The molecule has 9 aromatic carbocycles. The normalized spacial score (nSPS) is 11.8. The zero-order valence-electron chi connectivity index (χ0n) is 33.9. The first-order valence-corrected chi connectivity index (χ1v) is 22.0. The summed E-state index contributed by atoms with van der Waals surface area (Å²) < 4.78 is 7.28. The fraction of sp³-hybridized carbons (Fsp3) is 0. The molecule has 0 bridgehead atoms. The van der Waals surface area contributed by atoms with Gasteiger partial charge in [-0.05, 0) is 65.7 Å². The van der Waals surface area contributed by atoms with E-state index in [1.54, 1.807) is 11.3 Å². The summed E-state index contributed by atoms with van der Waals surface area (Å²) in [6.07, 6.45) is 0. The summed E-state index contributed by atoms with van der Waals surface area (Å²) in [6, 6.07) is 75.7. The Morgan fingerprint density at radius 1 is 0.302 bits per heavy atom. The second kappa shape index (κ2) is 14.2. The number of hydrogen-bond donors (Lipinski definition) is 0. The summed E-state index contributed by atoms with van der Waals surface area (Å²) in [4.78, 5) is 15.7. The van der Waals surface area contributed by atoms with Crippen LogP contribution >= 0.6 is 11.3 Å². The Hall–Kier alpha value is -8.19. The number of benzene rings is 9. The van der Waals surface area contributed by atoms with E-state index in [0.717, 1.165) is 39.1 Å². The van der Waals surface area contributed by atoms with E-state index in [1.165, 1.54) is 63.9 Å². The molecule has 0 N–H and O–H groups in total. The van der Waals surface area contributed by atoms with Crippen LogP contribution < -0.4 is 0 Å². The summed E-state index contributed by atoms with van der Waals surface area (Å²) in [5.41, 5.74) is 11.8. The van der Waals surface area contributed by atoms with E-state index in [0.29, 0.717) is 17.5 Å². The van der Waals surface area contributed by atoms with Crippen molar-refractivity contribution in [3.63, 3.8) is 0 Å². The zero-order chi connectivity index (χ0) is 41.4. The number of nitrogens with zero attached hydrogens (tertiary/aromatic N) is 5. The van der Waals surface area contributed by atoms with Gasteiger partial charge in [-0.15, -0.1) is 11.3 Å². The van der Waals surface area contributed by atoms with Gasteiger partial charge in [-0.3, -0.25) is 0 Å². The maximum absolute atomic E-state index is 5.32. The van der Waals surface area contributed by atoms with E-state index < -0.39 is 0 Å². The van der Waals surface area contributed by atoms with Crippen molar-refractivity contribution >= 4 is 75.1 Å². The smallest absolute Gasteiger partial charge is 0.166 e. The third-order valence-corrected chi connectivity index (χ3v) is 13.5. The van der Waals surface area contributed by atoms with Gasteiger partial charge in [0.15, 0.2) is 17.5 Å². The van der Waals surface area contributed by atoms with Crippen molar-refractivity contribution < 1.29 is 0 Å². The van der Waals surface area contributed by atoms with Crippen molar-refractivity contribution in [2.45, 2.75) is 0 Å². The molecule has 0 spiro atoms. The molecule has 0 radical (unpaired) electrons. The molecule has 0 saturated heterocycles. The average Bonchev–Trinajstić information content (AvgIpc) is 4.01. The molecule has 13 rings (SSSR count). The fourth-order valence-corrected chi connectivity index (χ4v) is 10.6. The molecule has 5 nitrogen and oxygen atoms in total. The van der Waals surface area contributed by atoms with E-state index in [9.17, 15) is 0 Å². The highest BCUT2D eigenvalue weighted by Gasteiger charge is 2.21. The predicted molar refractivity (Wildman–Crippen MR) is 263 cm³/mol. The van der Waals surface area contributed by atoms with Crippen LogP contribution in [-0.4, -0.2) is 24.1 Å². The van der Waals surface area contributed by atoms with E-state index in [1.807, 2.05) is 18.2 Å². The number of fused-ring (bicyclic) bond motifs is 9. The number of hydrogen-bond acceptors (Lipinski definition) is 4. The van der Waals surface area contributed by atoms with Gasteiger partial charge < -0.3 is 9.13 Å². The molecular weight excluding hydrogens is 787 g/mol. The molecular formula is C57H35N5S. The van der Waals surface area contributed by atoms with Crippen molar-refractivity contribution in [2.75, 3.05) is 0 Å². The molecule has 0 aliphatic heterocycles. The third kappa shape index (κ3) is 5.73. The Bertz CT molecular complexity index is 3920. The monoisotopic (exact) mass is 821 g/mol. The Balaban J connectivity index is 1.04. The summed E-state index contributed by atoms with van der Waals surface area (Å²) >= 11 is 1.80. The molecule has 6 heteroatoms. The largest absolute Gasteiger partial charge is 0.309 e. The maximum atomic E-state index is 5.32. The molecule has 0 fully saturated rings. The van der Waals surface area contributed by atoms with Gasteiger partial charge in [0.25, 0.3) is 0 Å². The fourth-order valence-electron chi connectivity index (χ4n) is 9.48. The van der Waals surface area contributed by atoms with Gasteiger partial charge in [-0.2, -0.15) is 0 Å². The van der Waals surface area contributed by atoms with E-state index in [4.69, 9.17) is 15.0 Å². The number of thiophene rings is 1. The predicted octanol–water partition coefficient (Wildman–Crippen LogP) is 15.1. The van der Waals surface area contributed by atoms with Crippen LogP contribution in [-0.2, 0) is 0 Å². The molecule has 0 unspecified atom stereocenters. The van der Waals surface area contributed by atoms with Crippen LogP contribution in [0.3, 0.4) is 0 Å². The SMILES string of the molecule is c1ccc(-c2ccc3c4ccccc4n(-c4ccc5c6ccccc6n(-c6ccccc6-c6nc(-c7ccccc7)nc(-c7ccc8c(c7)sc7ccccc78)n6)c5c4)c3c2)cc1. The van der Waals surface area contributed by atoms with Gasteiger partial charge in [0.05, 0.1) is 27.8 Å². The zero-order valence-corrected chi connectivity index (χ0v) is 34.7. The molecule has 0 saturated carbocycles. The van der Waals surface area contributed by atoms with Crippen molar-refractivity contribution in [1.29, 1.82) is 0 Å². The summed E-state index contributed by atoms with van der Waals surface area (Å²) in [7, 11) is 0. The first-order chi connectivity index (χ1) is 31.2. The van der Waals surface area contributed by atoms with E-state index >= 15 is 0 Å². The number of aromatic nitrogens is 5. The lowest BCUT2D eigenvalue weighted by Crippen LogP contribution is -2.03. The van der Waals surface area contributed by atoms with Crippen molar-refractivity contribution in [3.8, 4) is 56.7 Å². The highest BCUT2D eigenvalue weighted by molar-refractivity contribution is 7.25. The van der Waals surface area contributed by atoms with Gasteiger partial charge in [-0.25, -0.2) is 15.0 Å². The second-order valence-electron chi connectivity index (χ2n) is 16.0. The first-order valence-electron chi connectivity index (χ1n) is 21.2. The molecule has 294 valence electrons. The Morgan fingerprint density at radius 3 is 1.60 bits per heavy atom. The van der Waals surface area contributed by atoms with Crippen LogP contribution in [0.15, 0.2) is 212 Å². The van der Waals surface area contributed by atoms with Crippen LogP contribution in [0.1, 0.15) is 0 Å². The van der Waals surface area contributed by atoms with Crippen LogP contribution in [0.5, 0.6) is 0 Å². The molecule has 0 aliphatic rings. The molecule has 13 aromatic rings.